The van der Waals surface area contributed by atoms with Crippen LogP contribution in [0.15, 0.2) is 72.8 Å². The fourth-order valence-electron chi connectivity index (χ4n) is 3.60. The topological polar surface area (TPSA) is 26.3 Å². The van der Waals surface area contributed by atoms with Gasteiger partial charge in [0.2, 0.25) is 0 Å². The highest BCUT2D eigenvalue weighted by molar-refractivity contribution is 6.09. The molecule has 0 aliphatic heterocycles. The van der Waals surface area contributed by atoms with Crippen molar-refractivity contribution in [3.05, 3.63) is 95.1 Å². The molecule has 0 radical (unpaired) electrons. The molecule has 0 amide bonds. The maximum Gasteiger partial charge on any atom is 0.339 e. The summed E-state index contributed by atoms with van der Waals surface area (Å²) in [6.07, 6.45) is 0. The Morgan fingerprint density at radius 3 is 2.12 bits per heavy atom. The molecule has 0 heterocycles. The van der Waals surface area contributed by atoms with E-state index in [9.17, 15) is 4.79 Å². The summed E-state index contributed by atoms with van der Waals surface area (Å²) < 4.78 is 5.69. The number of rotatable bonds is 3. The maximum absolute atomic E-state index is 12.6. The number of carbonyl (C=O) groups is 1. The Morgan fingerprint density at radius 1 is 0.769 bits per heavy atom. The van der Waals surface area contributed by atoms with Crippen LogP contribution in [-0.2, 0) is 11.3 Å². The zero-order chi connectivity index (χ0) is 18.1. The molecular formula is C24H20O2. The van der Waals surface area contributed by atoms with E-state index in [1.165, 1.54) is 10.8 Å². The molecule has 4 rings (SSSR count). The predicted molar refractivity (Wildman–Crippen MR) is 106 cm³/mol. The van der Waals surface area contributed by atoms with E-state index in [0.717, 1.165) is 27.5 Å². The molecule has 0 aromatic heterocycles. The quantitative estimate of drug-likeness (QED) is 0.339. The highest BCUT2D eigenvalue weighted by Gasteiger charge is 2.14. The van der Waals surface area contributed by atoms with Crippen molar-refractivity contribution in [2.75, 3.05) is 0 Å². The number of hydrogen-bond donors (Lipinski definition) is 0. The van der Waals surface area contributed by atoms with Gasteiger partial charge in [-0.15, -0.1) is 0 Å². The Kier molecular flexibility index (Phi) is 4.18. The second-order valence-electron chi connectivity index (χ2n) is 6.65. The lowest BCUT2D eigenvalue weighted by atomic mass is 9.97. The average Bonchev–Trinajstić information content (AvgIpc) is 2.66. The minimum Gasteiger partial charge on any atom is -0.457 e. The minimum absolute atomic E-state index is 0.262. The second kappa shape index (κ2) is 6.64. The summed E-state index contributed by atoms with van der Waals surface area (Å²) in [5.74, 6) is -0.266. The van der Waals surface area contributed by atoms with Gasteiger partial charge >= 0.3 is 5.97 Å². The lowest BCUT2D eigenvalue weighted by Crippen LogP contribution is -2.09. The zero-order valence-corrected chi connectivity index (χ0v) is 15.0. The van der Waals surface area contributed by atoms with Crippen molar-refractivity contribution in [2.45, 2.75) is 20.5 Å². The highest BCUT2D eigenvalue weighted by Crippen LogP contribution is 2.29. The van der Waals surface area contributed by atoms with Gasteiger partial charge < -0.3 is 4.74 Å². The summed E-state index contributed by atoms with van der Waals surface area (Å²) >= 11 is 0. The summed E-state index contributed by atoms with van der Waals surface area (Å²) in [4.78, 5) is 12.6. The van der Waals surface area contributed by atoms with Gasteiger partial charge in [-0.2, -0.15) is 0 Å². The number of aryl methyl sites for hydroxylation is 2. The largest absolute Gasteiger partial charge is 0.457 e. The van der Waals surface area contributed by atoms with E-state index in [1.54, 1.807) is 0 Å². The van der Waals surface area contributed by atoms with Crippen molar-refractivity contribution in [3.63, 3.8) is 0 Å². The molecule has 4 aromatic rings. The van der Waals surface area contributed by atoms with Gasteiger partial charge in [-0.25, -0.2) is 4.79 Å². The normalized spacial score (nSPS) is 11.0. The third-order valence-corrected chi connectivity index (χ3v) is 4.90. The molecule has 4 aromatic carbocycles. The molecule has 0 aliphatic carbocycles. The van der Waals surface area contributed by atoms with Crippen LogP contribution in [0.5, 0.6) is 0 Å². The van der Waals surface area contributed by atoms with Gasteiger partial charge in [0, 0.05) is 0 Å². The lowest BCUT2D eigenvalue weighted by molar-refractivity contribution is 0.0473. The number of carbonyl (C=O) groups excluding carboxylic acids is 1. The first-order valence-corrected chi connectivity index (χ1v) is 8.78. The fourth-order valence-corrected chi connectivity index (χ4v) is 3.60. The molecule has 0 atom stereocenters. The van der Waals surface area contributed by atoms with Crippen molar-refractivity contribution >= 4 is 27.5 Å². The molecule has 2 nitrogen and oxygen atoms in total. The van der Waals surface area contributed by atoms with Crippen LogP contribution in [0.2, 0.25) is 0 Å². The Hall–Kier alpha value is -3.13. The maximum atomic E-state index is 12.6. The summed E-state index contributed by atoms with van der Waals surface area (Å²) in [6, 6.07) is 24.5. The smallest absolute Gasteiger partial charge is 0.339 e. The summed E-state index contributed by atoms with van der Waals surface area (Å²) in [7, 11) is 0. The van der Waals surface area contributed by atoms with Gasteiger partial charge in [-0.05, 0) is 58.1 Å². The molecule has 128 valence electrons. The molecule has 2 heteroatoms. The number of ether oxygens (including phenoxy) is 1. The van der Waals surface area contributed by atoms with Gasteiger partial charge in [0.15, 0.2) is 0 Å². The highest BCUT2D eigenvalue weighted by atomic mass is 16.5. The van der Waals surface area contributed by atoms with Crippen LogP contribution in [0.4, 0.5) is 0 Å². The molecule has 0 N–H and O–H groups in total. The van der Waals surface area contributed by atoms with Crippen molar-refractivity contribution < 1.29 is 9.53 Å². The van der Waals surface area contributed by atoms with Gasteiger partial charge in [-0.3, -0.25) is 0 Å². The van der Waals surface area contributed by atoms with E-state index < -0.39 is 0 Å². The van der Waals surface area contributed by atoms with Crippen molar-refractivity contribution in [3.8, 4) is 0 Å². The van der Waals surface area contributed by atoms with E-state index >= 15 is 0 Å². The molecule has 0 aliphatic rings. The second-order valence-corrected chi connectivity index (χ2v) is 6.65. The van der Waals surface area contributed by atoms with Gasteiger partial charge in [0.25, 0.3) is 0 Å². The van der Waals surface area contributed by atoms with E-state index in [-0.39, 0.29) is 12.6 Å². The van der Waals surface area contributed by atoms with Crippen molar-refractivity contribution in [1.82, 2.24) is 0 Å². The third-order valence-electron chi connectivity index (χ3n) is 4.90. The Balaban J connectivity index is 1.72. The Bertz CT molecular complexity index is 1110. The van der Waals surface area contributed by atoms with Gasteiger partial charge in [-0.1, -0.05) is 66.7 Å². The molecule has 0 saturated carbocycles. The van der Waals surface area contributed by atoms with Crippen LogP contribution in [0, 0.1) is 13.8 Å². The molecule has 0 spiro atoms. The van der Waals surface area contributed by atoms with Crippen LogP contribution in [-0.4, -0.2) is 5.97 Å². The van der Waals surface area contributed by atoms with Crippen LogP contribution < -0.4 is 0 Å². The molecular weight excluding hydrogens is 320 g/mol. The van der Waals surface area contributed by atoms with Crippen molar-refractivity contribution in [1.29, 1.82) is 0 Å². The molecule has 0 bridgehead atoms. The first-order chi connectivity index (χ1) is 12.6. The van der Waals surface area contributed by atoms with Crippen molar-refractivity contribution in [2.24, 2.45) is 0 Å². The minimum atomic E-state index is -0.266. The number of hydrogen-bond acceptors (Lipinski definition) is 2. The van der Waals surface area contributed by atoms with E-state index in [2.05, 4.69) is 36.4 Å². The lowest BCUT2D eigenvalue weighted by Gasteiger charge is -2.13. The Morgan fingerprint density at radius 2 is 1.38 bits per heavy atom. The fraction of sp³-hybridized carbons (Fsp3) is 0.125. The standard InChI is InChI=1S/C24H20O2/c1-16-8-7-9-17(2)23(16)24(25)26-15-19-14-18-10-3-4-11-20(18)22-13-6-5-12-21(19)22/h3-14H,15H2,1-2H3. The molecule has 0 saturated heterocycles. The number of esters is 1. The molecule has 0 fully saturated rings. The zero-order valence-electron chi connectivity index (χ0n) is 15.0. The Labute approximate surface area is 153 Å². The SMILES string of the molecule is Cc1cccc(C)c1C(=O)OCc1cc2ccccc2c2ccccc12. The van der Waals surface area contributed by atoms with Gasteiger partial charge in [0.1, 0.15) is 6.61 Å². The number of fused-ring (bicyclic) bond motifs is 3. The molecule has 0 unspecified atom stereocenters. The average molecular weight is 340 g/mol. The first-order valence-electron chi connectivity index (χ1n) is 8.78. The molecule has 26 heavy (non-hydrogen) atoms. The summed E-state index contributed by atoms with van der Waals surface area (Å²) in [5.41, 5.74) is 3.58. The predicted octanol–water partition coefficient (Wildman–Crippen LogP) is 5.97. The van der Waals surface area contributed by atoms with Crippen LogP contribution in [0.3, 0.4) is 0 Å². The van der Waals surface area contributed by atoms with Crippen LogP contribution in [0.1, 0.15) is 27.0 Å². The third kappa shape index (κ3) is 2.84. The number of benzene rings is 4. The monoisotopic (exact) mass is 340 g/mol. The van der Waals surface area contributed by atoms with Crippen LogP contribution in [0.25, 0.3) is 21.5 Å². The van der Waals surface area contributed by atoms with E-state index in [4.69, 9.17) is 4.74 Å². The summed E-state index contributed by atoms with van der Waals surface area (Å²) in [5, 5.41) is 4.68. The summed E-state index contributed by atoms with van der Waals surface area (Å²) in [6.45, 7) is 4.14. The van der Waals surface area contributed by atoms with E-state index in [1.807, 2.05) is 50.2 Å². The first kappa shape index (κ1) is 16.3. The van der Waals surface area contributed by atoms with Gasteiger partial charge in [0.05, 0.1) is 5.56 Å². The van der Waals surface area contributed by atoms with E-state index in [0.29, 0.717) is 5.56 Å². The van der Waals surface area contributed by atoms with Crippen LogP contribution >= 0.6 is 0 Å².